The van der Waals surface area contributed by atoms with E-state index in [0.29, 0.717) is 24.4 Å². The van der Waals surface area contributed by atoms with E-state index in [9.17, 15) is 9.59 Å². The van der Waals surface area contributed by atoms with Crippen molar-refractivity contribution in [2.45, 2.75) is 13.3 Å². The molecule has 0 aliphatic carbocycles. The van der Waals surface area contributed by atoms with Crippen LogP contribution in [0.2, 0.25) is 0 Å². The molecule has 134 valence electrons. The van der Waals surface area contributed by atoms with Gasteiger partial charge < -0.3 is 20.3 Å². The quantitative estimate of drug-likeness (QED) is 0.307. The molecule has 0 aromatic heterocycles. The number of nitrogens with zero attached hydrogens (tertiary/aromatic N) is 2. The molecule has 0 fully saturated rings. The highest BCUT2D eigenvalue weighted by Crippen LogP contribution is 2.11. The summed E-state index contributed by atoms with van der Waals surface area (Å²) in [5.74, 6) is -0.925. The van der Waals surface area contributed by atoms with Crippen LogP contribution in [0.4, 0.5) is 5.69 Å². The lowest BCUT2D eigenvalue weighted by Crippen LogP contribution is -2.20. The van der Waals surface area contributed by atoms with Crippen molar-refractivity contribution in [3.8, 4) is 6.07 Å². The Hall–Kier alpha value is -2.85. The lowest BCUT2D eigenvalue weighted by Gasteiger charge is -2.09. The molecule has 0 radical (unpaired) electrons. The van der Waals surface area contributed by atoms with Gasteiger partial charge in [-0.05, 0) is 58.3 Å². The molecule has 0 atom stereocenters. The number of rotatable bonds is 9. The molecule has 0 saturated heterocycles. The van der Waals surface area contributed by atoms with E-state index in [1.54, 1.807) is 31.2 Å². The van der Waals surface area contributed by atoms with E-state index in [1.807, 2.05) is 20.2 Å². The zero-order valence-electron chi connectivity index (χ0n) is 14.8. The smallest absolute Gasteiger partial charge is 0.338 e. The second-order valence-electron chi connectivity index (χ2n) is 5.53. The maximum Gasteiger partial charge on any atom is 0.338 e. The zero-order valence-corrected chi connectivity index (χ0v) is 14.8. The number of ether oxygens (including phenoxy) is 1. The third-order valence-corrected chi connectivity index (χ3v) is 3.19. The molecule has 7 nitrogen and oxygen atoms in total. The average Bonchev–Trinajstić information content (AvgIpc) is 2.58. The van der Waals surface area contributed by atoms with Crippen LogP contribution < -0.4 is 10.6 Å². The number of nitrogens with one attached hydrogen (secondary N) is 2. The molecule has 0 bridgehead atoms. The predicted octanol–water partition coefficient (Wildman–Crippen LogP) is 1.75. The molecule has 0 saturated carbocycles. The Morgan fingerprint density at radius 3 is 2.52 bits per heavy atom. The highest BCUT2D eigenvalue weighted by Gasteiger charge is 2.10. The molecular formula is C18H24N4O3. The van der Waals surface area contributed by atoms with E-state index in [0.717, 1.165) is 13.0 Å². The van der Waals surface area contributed by atoms with Crippen molar-refractivity contribution in [3.63, 3.8) is 0 Å². The SMILES string of the molecule is CCOC(=O)c1ccc(NC(=O)/C(C#N)=C\NCCCN(C)C)cc1. The summed E-state index contributed by atoms with van der Waals surface area (Å²) in [7, 11) is 3.97. The van der Waals surface area contributed by atoms with Crippen molar-refractivity contribution >= 4 is 17.6 Å². The van der Waals surface area contributed by atoms with Crippen LogP contribution in [0.5, 0.6) is 0 Å². The minimum atomic E-state index is -0.508. The van der Waals surface area contributed by atoms with Crippen molar-refractivity contribution in [1.82, 2.24) is 10.2 Å². The molecule has 0 heterocycles. The van der Waals surface area contributed by atoms with Crippen LogP contribution in [0.15, 0.2) is 36.0 Å². The Balaban J connectivity index is 2.57. The van der Waals surface area contributed by atoms with Crippen molar-refractivity contribution < 1.29 is 14.3 Å². The third-order valence-electron chi connectivity index (χ3n) is 3.19. The van der Waals surface area contributed by atoms with E-state index < -0.39 is 11.9 Å². The van der Waals surface area contributed by atoms with Gasteiger partial charge in [0, 0.05) is 18.4 Å². The highest BCUT2D eigenvalue weighted by molar-refractivity contribution is 6.06. The van der Waals surface area contributed by atoms with Gasteiger partial charge in [0.25, 0.3) is 5.91 Å². The van der Waals surface area contributed by atoms with Crippen LogP contribution in [0.3, 0.4) is 0 Å². The van der Waals surface area contributed by atoms with Crippen molar-refractivity contribution in [3.05, 3.63) is 41.6 Å². The van der Waals surface area contributed by atoms with Crippen LogP contribution in [0.25, 0.3) is 0 Å². The molecule has 25 heavy (non-hydrogen) atoms. The van der Waals surface area contributed by atoms with Gasteiger partial charge in [0.15, 0.2) is 0 Å². The first-order valence-corrected chi connectivity index (χ1v) is 8.04. The van der Waals surface area contributed by atoms with Crippen LogP contribution in [-0.2, 0) is 9.53 Å². The number of benzene rings is 1. The fraction of sp³-hybridized carbons (Fsp3) is 0.389. The molecule has 0 unspecified atom stereocenters. The highest BCUT2D eigenvalue weighted by atomic mass is 16.5. The van der Waals surface area contributed by atoms with Crippen LogP contribution in [-0.4, -0.2) is 50.6 Å². The fourth-order valence-corrected chi connectivity index (χ4v) is 1.92. The Kier molecular flexibility index (Phi) is 8.75. The number of hydrogen-bond donors (Lipinski definition) is 2. The van der Waals surface area contributed by atoms with Gasteiger partial charge in [-0.3, -0.25) is 4.79 Å². The first-order valence-electron chi connectivity index (χ1n) is 8.04. The second-order valence-corrected chi connectivity index (χ2v) is 5.53. The summed E-state index contributed by atoms with van der Waals surface area (Å²) in [5.41, 5.74) is 0.879. The number of hydrogen-bond acceptors (Lipinski definition) is 6. The molecular weight excluding hydrogens is 320 g/mol. The first-order chi connectivity index (χ1) is 12.0. The van der Waals surface area contributed by atoms with Crippen LogP contribution in [0.1, 0.15) is 23.7 Å². The van der Waals surface area contributed by atoms with Gasteiger partial charge in [-0.2, -0.15) is 5.26 Å². The lowest BCUT2D eigenvalue weighted by atomic mass is 10.2. The summed E-state index contributed by atoms with van der Waals surface area (Å²) >= 11 is 0. The van der Waals surface area contributed by atoms with Gasteiger partial charge in [0.1, 0.15) is 11.6 Å². The van der Waals surface area contributed by atoms with Gasteiger partial charge in [0.05, 0.1) is 12.2 Å². The minimum absolute atomic E-state index is 0.0145. The number of carbonyl (C=O) groups excluding carboxylic acids is 2. The van der Waals surface area contributed by atoms with Crippen molar-refractivity contribution in [1.29, 1.82) is 5.26 Å². The summed E-state index contributed by atoms with van der Waals surface area (Å²) in [6.45, 7) is 3.62. The summed E-state index contributed by atoms with van der Waals surface area (Å²) in [6, 6.07) is 8.16. The lowest BCUT2D eigenvalue weighted by molar-refractivity contribution is -0.112. The molecule has 0 aliphatic rings. The van der Waals surface area contributed by atoms with E-state index in [1.165, 1.54) is 6.20 Å². The number of nitriles is 1. The summed E-state index contributed by atoms with van der Waals surface area (Å²) < 4.78 is 4.89. The normalized spacial score (nSPS) is 10.9. The largest absolute Gasteiger partial charge is 0.462 e. The topological polar surface area (TPSA) is 94.5 Å². The summed E-state index contributed by atoms with van der Waals surface area (Å²) in [6.07, 6.45) is 2.32. The number of esters is 1. The van der Waals surface area contributed by atoms with E-state index in [4.69, 9.17) is 10.00 Å². The summed E-state index contributed by atoms with van der Waals surface area (Å²) in [5, 5.41) is 14.7. The molecule has 1 amide bonds. The second kappa shape index (κ2) is 10.8. The monoisotopic (exact) mass is 344 g/mol. The molecule has 0 aliphatic heterocycles. The number of carbonyl (C=O) groups is 2. The van der Waals surface area contributed by atoms with Crippen molar-refractivity contribution in [2.24, 2.45) is 0 Å². The van der Waals surface area contributed by atoms with E-state index >= 15 is 0 Å². The van der Waals surface area contributed by atoms with Gasteiger partial charge in [0.2, 0.25) is 0 Å². The molecule has 2 N–H and O–H groups in total. The molecule has 7 heteroatoms. The predicted molar refractivity (Wildman–Crippen MR) is 95.9 cm³/mol. The Morgan fingerprint density at radius 2 is 1.96 bits per heavy atom. The van der Waals surface area contributed by atoms with Gasteiger partial charge in [-0.1, -0.05) is 0 Å². The third kappa shape index (κ3) is 7.50. The molecule has 0 spiro atoms. The van der Waals surface area contributed by atoms with Gasteiger partial charge >= 0.3 is 5.97 Å². The molecule has 1 aromatic rings. The number of anilines is 1. The maximum atomic E-state index is 12.1. The minimum Gasteiger partial charge on any atom is -0.462 e. The Labute approximate surface area is 148 Å². The average molecular weight is 344 g/mol. The molecule has 1 aromatic carbocycles. The standard InChI is InChI=1S/C18H24N4O3/c1-4-25-18(24)14-6-8-16(9-7-14)21-17(23)15(12-19)13-20-10-5-11-22(2)3/h6-9,13,20H,4-5,10-11H2,1-3H3,(H,21,23)/b15-13-. The fourth-order valence-electron chi connectivity index (χ4n) is 1.92. The van der Waals surface area contributed by atoms with Gasteiger partial charge in [-0.15, -0.1) is 0 Å². The Morgan fingerprint density at radius 1 is 1.28 bits per heavy atom. The summed E-state index contributed by atoms with van der Waals surface area (Å²) in [4.78, 5) is 25.7. The first kappa shape index (κ1) is 20.2. The van der Waals surface area contributed by atoms with E-state index in [-0.39, 0.29) is 5.57 Å². The maximum absolute atomic E-state index is 12.1. The molecule has 1 rings (SSSR count). The van der Waals surface area contributed by atoms with Crippen LogP contribution in [0, 0.1) is 11.3 Å². The Bertz CT molecular complexity index is 645. The number of amides is 1. The van der Waals surface area contributed by atoms with Crippen molar-refractivity contribution in [2.75, 3.05) is 39.1 Å². The zero-order chi connectivity index (χ0) is 18.7. The van der Waals surface area contributed by atoms with Gasteiger partial charge in [-0.25, -0.2) is 4.79 Å². The van der Waals surface area contributed by atoms with Crippen LogP contribution >= 0.6 is 0 Å². The van der Waals surface area contributed by atoms with E-state index in [2.05, 4.69) is 15.5 Å².